The predicted octanol–water partition coefficient (Wildman–Crippen LogP) is 1.73. The van der Waals surface area contributed by atoms with Gasteiger partial charge in [0.05, 0.1) is 0 Å². The molecule has 1 rings (SSSR count). The maximum Gasteiger partial charge on any atom is 0.331 e. The number of phenolic OH excluding ortho intramolecular Hbond substituents is 1. The van der Waals surface area contributed by atoms with Gasteiger partial charge < -0.3 is 15.3 Å². The number of benzene rings is 1. The zero-order valence-electron chi connectivity index (χ0n) is 8.96. The van der Waals surface area contributed by atoms with Gasteiger partial charge in [0.25, 0.3) is 0 Å². The summed E-state index contributed by atoms with van der Waals surface area (Å²) in [5, 5.41) is 26.6. The Morgan fingerprint density at radius 3 is 2.41 bits per heavy atom. The van der Waals surface area contributed by atoms with Gasteiger partial charge in [-0.15, -0.1) is 0 Å². The molecular formula is C12H12O5. The van der Waals surface area contributed by atoms with Crippen LogP contribution in [0.3, 0.4) is 0 Å². The SMILES string of the molecule is O=C(O)CC/C(=C\c1cccc(O)c1)C(=O)O. The Kier molecular flexibility index (Phi) is 4.28. The average molecular weight is 236 g/mol. The molecule has 0 fully saturated rings. The van der Waals surface area contributed by atoms with E-state index in [1.165, 1.54) is 18.2 Å². The second-order valence-electron chi connectivity index (χ2n) is 3.46. The molecule has 0 bridgehead atoms. The number of carbonyl (C=O) groups is 2. The summed E-state index contributed by atoms with van der Waals surface area (Å²) in [6.45, 7) is 0. The molecule has 0 aliphatic heterocycles. The van der Waals surface area contributed by atoms with Gasteiger partial charge in [-0.1, -0.05) is 12.1 Å². The third-order valence-corrected chi connectivity index (χ3v) is 2.09. The summed E-state index contributed by atoms with van der Waals surface area (Å²) in [4.78, 5) is 21.3. The zero-order chi connectivity index (χ0) is 12.8. The molecule has 3 N–H and O–H groups in total. The Morgan fingerprint density at radius 1 is 1.18 bits per heavy atom. The first-order valence-corrected chi connectivity index (χ1v) is 4.93. The maximum atomic E-state index is 10.9. The van der Waals surface area contributed by atoms with Crippen molar-refractivity contribution in [2.75, 3.05) is 0 Å². The van der Waals surface area contributed by atoms with Crippen molar-refractivity contribution in [2.45, 2.75) is 12.8 Å². The van der Waals surface area contributed by atoms with E-state index in [9.17, 15) is 14.7 Å². The first-order valence-electron chi connectivity index (χ1n) is 4.93. The van der Waals surface area contributed by atoms with Crippen molar-refractivity contribution >= 4 is 18.0 Å². The number of aliphatic carboxylic acids is 2. The van der Waals surface area contributed by atoms with E-state index in [4.69, 9.17) is 10.2 Å². The molecule has 0 unspecified atom stereocenters. The van der Waals surface area contributed by atoms with Crippen LogP contribution in [0.1, 0.15) is 18.4 Å². The Labute approximate surface area is 97.6 Å². The fourth-order valence-electron chi connectivity index (χ4n) is 1.30. The van der Waals surface area contributed by atoms with Crippen LogP contribution in [0.5, 0.6) is 5.75 Å². The summed E-state index contributed by atoms with van der Waals surface area (Å²) >= 11 is 0. The van der Waals surface area contributed by atoms with Crippen LogP contribution in [0.4, 0.5) is 0 Å². The quantitative estimate of drug-likeness (QED) is 0.676. The highest BCUT2D eigenvalue weighted by atomic mass is 16.4. The van der Waals surface area contributed by atoms with Crippen LogP contribution in [-0.4, -0.2) is 27.3 Å². The van der Waals surface area contributed by atoms with Crippen molar-refractivity contribution in [1.82, 2.24) is 0 Å². The smallest absolute Gasteiger partial charge is 0.331 e. The first-order chi connectivity index (χ1) is 7.99. The van der Waals surface area contributed by atoms with Gasteiger partial charge in [0, 0.05) is 12.0 Å². The van der Waals surface area contributed by atoms with Gasteiger partial charge in [0.2, 0.25) is 0 Å². The summed E-state index contributed by atoms with van der Waals surface area (Å²) in [7, 11) is 0. The van der Waals surface area contributed by atoms with E-state index >= 15 is 0 Å². The first kappa shape index (κ1) is 12.8. The summed E-state index contributed by atoms with van der Waals surface area (Å²) in [6.07, 6.45) is 1.06. The molecule has 0 saturated carbocycles. The fourth-order valence-corrected chi connectivity index (χ4v) is 1.30. The van der Waals surface area contributed by atoms with Crippen molar-refractivity contribution in [3.8, 4) is 5.75 Å². The van der Waals surface area contributed by atoms with Gasteiger partial charge in [-0.3, -0.25) is 4.79 Å². The van der Waals surface area contributed by atoms with Crippen LogP contribution in [0.15, 0.2) is 29.8 Å². The maximum absolute atomic E-state index is 10.9. The summed E-state index contributed by atoms with van der Waals surface area (Å²) in [6, 6.07) is 6.08. The van der Waals surface area contributed by atoms with Crippen LogP contribution in [0.2, 0.25) is 0 Å². The topological polar surface area (TPSA) is 94.8 Å². The molecule has 0 amide bonds. The second-order valence-corrected chi connectivity index (χ2v) is 3.46. The van der Waals surface area contributed by atoms with Crippen LogP contribution in [-0.2, 0) is 9.59 Å². The summed E-state index contributed by atoms with van der Waals surface area (Å²) in [5.41, 5.74) is 0.519. The minimum atomic E-state index is -1.16. The van der Waals surface area contributed by atoms with E-state index in [0.29, 0.717) is 5.56 Å². The molecule has 0 aliphatic rings. The Bertz CT molecular complexity index is 462. The largest absolute Gasteiger partial charge is 0.508 e. The highest BCUT2D eigenvalue weighted by Gasteiger charge is 2.09. The molecule has 5 heteroatoms. The van der Waals surface area contributed by atoms with E-state index in [2.05, 4.69) is 0 Å². The van der Waals surface area contributed by atoms with Gasteiger partial charge in [0.1, 0.15) is 5.75 Å². The van der Waals surface area contributed by atoms with Crippen molar-refractivity contribution < 1.29 is 24.9 Å². The van der Waals surface area contributed by atoms with Crippen molar-refractivity contribution in [3.63, 3.8) is 0 Å². The lowest BCUT2D eigenvalue weighted by Gasteiger charge is -2.01. The lowest BCUT2D eigenvalue weighted by atomic mass is 10.1. The molecule has 0 heterocycles. The van der Waals surface area contributed by atoms with E-state index in [-0.39, 0.29) is 24.2 Å². The molecule has 0 aliphatic carbocycles. The van der Waals surface area contributed by atoms with Crippen LogP contribution in [0.25, 0.3) is 6.08 Å². The van der Waals surface area contributed by atoms with E-state index < -0.39 is 11.9 Å². The van der Waals surface area contributed by atoms with Gasteiger partial charge in [-0.05, 0) is 30.2 Å². The lowest BCUT2D eigenvalue weighted by Crippen LogP contribution is -2.04. The number of carboxylic acids is 2. The molecule has 1 aromatic rings. The molecule has 1 aromatic carbocycles. The van der Waals surface area contributed by atoms with Crippen molar-refractivity contribution in [2.24, 2.45) is 0 Å². The Balaban J connectivity index is 2.90. The number of aromatic hydroxyl groups is 1. The Morgan fingerprint density at radius 2 is 1.88 bits per heavy atom. The molecule has 0 aromatic heterocycles. The number of phenols is 1. The van der Waals surface area contributed by atoms with Gasteiger partial charge in [-0.25, -0.2) is 4.79 Å². The molecule has 17 heavy (non-hydrogen) atoms. The van der Waals surface area contributed by atoms with Gasteiger partial charge in [-0.2, -0.15) is 0 Å². The molecule has 5 nitrogen and oxygen atoms in total. The fraction of sp³-hybridized carbons (Fsp3) is 0.167. The van der Waals surface area contributed by atoms with E-state index in [1.54, 1.807) is 12.1 Å². The van der Waals surface area contributed by atoms with E-state index in [0.717, 1.165) is 0 Å². The van der Waals surface area contributed by atoms with Crippen LogP contribution >= 0.6 is 0 Å². The van der Waals surface area contributed by atoms with E-state index in [1.807, 2.05) is 0 Å². The molecule has 90 valence electrons. The van der Waals surface area contributed by atoms with Gasteiger partial charge >= 0.3 is 11.9 Å². The number of rotatable bonds is 5. The lowest BCUT2D eigenvalue weighted by molar-refractivity contribution is -0.137. The molecule has 0 atom stereocenters. The molecule has 0 radical (unpaired) electrons. The minimum Gasteiger partial charge on any atom is -0.508 e. The highest BCUT2D eigenvalue weighted by molar-refractivity contribution is 5.92. The zero-order valence-corrected chi connectivity index (χ0v) is 8.96. The molecular weight excluding hydrogens is 224 g/mol. The highest BCUT2D eigenvalue weighted by Crippen LogP contribution is 2.16. The minimum absolute atomic E-state index is 0.00185. The predicted molar refractivity (Wildman–Crippen MR) is 60.6 cm³/mol. The average Bonchev–Trinajstić information content (AvgIpc) is 2.23. The molecule has 0 spiro atoms. The van der Waals surface area contributed by atoms with Gasteiger partial charge in [0.15, 0.2) is 0 Å². The second kappa shape index (κ2) is 5.69. The summed E-state index contributed by atoms with van der Waals surface area (Å²) < 4.78 is 0. The molecule has 0 saturated heterocycles. The van der Waals surface area contributed by atoms with Crippen LogP contribution in [0, 0.1) is 0 Å². The van der Waals surface area contributed by atoms with Crippen molar-refractivity contribution in [1.29, 1.82) is 0 Å². The number of hydrogen-bond donors (Lipinski definition) is 3. The number of carboxylic acid groups (broad SMARTS) is 2. The number of hydrogen-bond acceptors (Lipinski definition) is 3. The standard InChI is InChI=1S/C12H12O5/c13-10-3-1-2-8(7-10)6-9(12(16)17)4-5-11(14)15/h1-3,6-7,13H,4-5H2,(H,14,15)(H,16,17)/b9-6+. The van der Waals surface area contributed by atoms with Crippen molar-refractivity contribution in [3.05, 3.63) is 35.4 Å². The Hall–Kier alpha value is -2.30. The third-order valence-electron chi connectivity index (χ3n) is 2.09. The monoisotopic (exact) mass is 236 g/mol. The summed E-state index contributed by atoms with van der Waals surface area (Å²) in [5.74, 6) is -2.18. The normalized spacial score (nSPS) is 11.2. The third kappa shape index (κ3) is 4.38. The van der Waals surface area contributed by atoms with Crippen LogP contribution < -0.4 is 0 Å².